The Morgan fingerprint density at radius 1 is 0.944 bits per heavy atom. The summed E-state index contributed by atoms with van der Waals surface area (Å²) in [6, 6.07) is 0. The van der Waals surface area contributed by atoms with Gasteiger partial charge in [-0.3, -0.25) is 4.79 Å². The Morgan fingerprint density at radius 3 is 1.50 bits per heavy atom. The van der Waals surface area contributed by atoms with Crippen molar-refractivity contribution in [3.8, 4) is 0 Å². The topological polar surface area (TPSA) is 20.3 Å². The first-order chi connectivity index (χ1) is 7.57. The molecule has 110 valence electrons. The normalized spacial score (nSPS) is 15.5. The maximum absolute atomic E-state index is 13.0. The largest absolute Gasteiger partial charge is 0.460 e. The number of hydrogen-bond donors (Lipinski definition) is 0. The number of hydrogen-bond acceptors (Lipinski definition) is 1. The summed E-state index contributed by atoms with van der Waals surface area (Å²) in [5.41, 5.74) is 0. The van der Waals surface area contributed by atoms with Gasteiger partial charge in [-0.1, -0.05) is 0 Å². The Morgan fingerprint density at radius 2 is 1.28 bits per heavy atom. The monoisotopic (exact) mass is 303 g/mol. The fourth-order valence-electron chi connectivity index (χ4n) is 0.759. The number of alkyl halides is 7. The van der Waals surface area contributed by atoms with Crippen LogP contribution >= 0.6 is 10.2 Å². The molecule has 0 radical (unpaired) electrons. The minimum absolute atomic E-state index is 0.229. The van der Waals surface area contributed by atoms with Crippen LogP contribution in [-0.2, 0) is 4.79 Å². The van der Waals surface area contributed by atoms with Gasteiger partial charge in [0.1, 0.15) is 0 Å². The molecule has 10 heteroatoms. The maximum atomic E-state index is 13.0. The van der Waals surface area contributed by atoms with Crippen LogP contribution in [0.5, 0.6) is 0 Å². The van der Waals surface area contributed by atoms with Crippen molar-refractivity contribution < 1.29 is 35.5 Å². The molecule has 0 aliphatic heterocycles. The van der Waals surface area contributed by atoms with Gasteiger partial charge in [0.25, 0.3) is 0 Å². The zero-order chi connectivity index (χ0) is 15.2. The summed E-state index contributed by atoms with van der Waals surface area (Å²) in [6.45, 7) is 0. The van der Waals surface area contributed by atoms with Crippen LogP contribution in [0.2, 0.25) is 0 Å². The van der Waals surface area contributed by atoms with Crippen LogP contribution in [0.4, 0.5) is 30.7 Å². The van der Waals surface area contributed by atoms with Crippen LogP contribution < -0.4 is 0 Å². The quantitative estimate of drug-likeness (QED) is 0.734. The predicted molar refractivity (Wildman–Crippen MR) is 54.1 cm³/mol. The van der Waals surface area contributed by atoms with E-state index in [1.807, 2.05) is 0 Å². The number of rotatable bonds is 3. The lowest BCUT2D eigenvalue weighted by atomic mass is 10.1. The highest BCUT2D eigenvalue weighted by atomic mass is 32.3. The van der Waals surface area contributed by atoms with E-state index in [1.165, 1.54) is 18.8 Å². The fourth-order valence-corrected chi connectivity index (χ4v) is 1.37. The van der Waals surface area contributed by atoms with Crippen molar-refractivity contribution in [3.63, 3.8) is 0 Å². The standard InChI is InChI=1S/C8H12F7NOS/c1-16(18(2,3)4)5(17)6(9,10)7(11,12)8(13,14)15/h1-4H3. The van der Waals surface area contributed by atoms with Gasteiger partial charge in [-0.2, -0.15) is 40.9 Å². The SMILES string of the molecule is CN(C(=O)C(F)(F)C(F)(F)C(F)(F)F)S(C)(C)C. The molecule has 0 saturated carbocycles. The van der Waals surface area contributed by atoms with Gasteiger partial charge in [-0.15, -0.1) is 0 Å². The number of carbonyl (C=O) groups is 1. The third-order valence-electron chi connectivity index (χ3n) is 2.13. The van der Waals surface area contributed by atoms with E-state index in [0.717, 1.165) is 7.05 Å². The molecular weight excluding hydrogens is 291 g/mol. The Kier molecular flexibility index (Phi) is 4.30. The van der Waals surface area contributed by atoms with Crippen molar-refractivity contribution in [2.24, 2.45) is 0 Å². The van der Waals surface area contributed by atoms with E-state index < -0.39 is 34.1 Å². The molecule has 0 bridgehead atoms. The molecule has 0 unspecified atom stereocenters. The summed E-state index contributed by atoms with van der Waals surface area (Å²) in [6.07, 6.45) is -2.60. The first kappa shape index (κ1) is 17.3. The van der Waals surface area contributed by atoms with Crippen molar-refractivity contribution in [2.45, 2.75) is 18.0 Å². The van der Waals surface area contributed by atoms with Crippen LogP contribution in [0.3, 0.4) is 0 Å². The van der Waals surface area contributed by atoms with E-state index in [9.17, 15) is 35.5 Å². The second-order valence-corrected chi connectivity index (χ2v) is 8.31. The first-order valence-corrected chi connectivity index (χ1v) is 7.17. The summed E-state index contributed by atoms with van der Waals surface area (Å²) >= 11 is 0. The molecule has 0 spiro atoms. The average molecular weight is 303 g/mol. The molecule has 0 aliphatic rings. The third kappa shape index (κ3) is 2.83. The Bertz CT molecular complexity index is 333. The smallest absolute Gasteiger partial charge is 0.303 e. The number of amides is 1. The maximum Gasteiger partial charge on any atom is 0.460 e. The van der Waals surface area contributed by atoms with Crippen LogP contribution in [0.15, 0.2) is 0 Å². The average Bonchev–Trinajstić information content (AvgIpc) is 2.11. The Hall–Kier alpha value is -0.670. The summed E-state index contributed by atoms with van der Waals surface area (Å²) in [5.74, 6) is -14.8. The highest BCUT2D eigenvalue weighted by molar-refractivity contribution is 8.30. The number of nitrogens with zero attached hydrogens (tertiary/aromatic N) is 1. The summed E-state index contributed by atoms with van der Waals surface area (Å²) in [4.78, 5) is 11.1. The van der Waals surface area contributed by atoms with E-state index in [-0.39, 0.29) is 4.31 Å². The van der Waals surface area contributed by atoms with Gasteiger partial charge in [0.05, 0.1) is 0 Å². The summed E-state index contributed by atoms with van der Waals surface area (Å²) < 4.78 is 87.0. The second kappa shape index (κ2) is 4.46. The molecule has 2 nitrogen and oxygen atoms in total. The van der Waals surface area contributed by atoms with Crippen LogP contribution in [0, 0.1) is 0 Å². The van der Waals surface area contributed by atoms with Crippen molar-refractivity contribution >= 4 is 16.1 Å². The van der Waals surface area contributed by atoms with Gasteiger partial charge in [0.2, 0.25) is 0 Å². The van der Waals surface area contributed by atoms with E-state index in [2.05, 4.69) is 0 Å². The number of carbonyl (C=O) groups excluding carboxylic acids is 1. The van der Waals surface area contributed by atoms with Crippen LogP contribution in [-0.4, -0.2) is 54.0 Å². The van der Waals surface area contributed by atoms with Gasteiger partial charge in [0, 0.05) is 7.05 Å². The van der Waals surface area contributed by atoms with Gasteiger partial charge in [-0.25, -0.2) is 0 Å². The first-order valence-electron chi connectivity index (χ1n) is 4.36. The molecule has 18 heavy (non-hydrogen) atoms. The fraction of sp³-hybridized carbons (Fsp3) is 0.875. The molecule has 0 saturated heterocycles. The lowest BCUT2D eigenvalue weighted by Gasteiger charge is -2.40. The molecule has 0 atom stereocenters. The third-order valence-corrected chi connectivity index (χ3v) is 3.94. The van der Waals surface area contributed by atoms with Crippen molar-refractivity contribution in [2.75, 3.05) is 25.8 Å². The zero-order valence-corrected chi connectivity index (χ0v) is 10.7. The van der Waals surface area contributed by atoms with E-state index in [4.69, 9.17) is 0 Å². The lowest BCUT2D eigenvalue weighted by Crippen LogP contribution is -2.59. The highest BCUT2D eigenvalue weighted by Crippen LogP contribution is 2.50. The minimum Gasteiger partial charge on any atom is -0.303 e. The second-order valence-electron chi connectivity index (χ2n) is 4.22. The Balaban J connectivity index is 5.48. The molecule has 0 fully saturated rings. The van der Waals surface area contributed by atoms with Crippen molar-refractivity contribution in [1.82, 2.24) is 4.31 Å². The Labute approximate surface area is 101 Å². The predicted octanol–water partition coefficient (Wildman–Crippen LogP) is 2.89. The van der Waals surface area contributed by atoms with Gasteiger partial charge < -0.3 is 4.31 Å². The molecule has 0 aromatic heterocycles. The van der Waals surface area contributed by atoms with Crippen molar-refractivity contribution in [1.29, 1.82) is 0 Å². The summed E-state index contributed by atoms with van der Waals surface area (Å²) in [7, 11) is -1.43. The summed E-state index contributed by atoms with van der Waals surface area (Å²) in [5, 5.41) is 0. The molecule has 0 aromatic carbocycles. The highest BCUT2D eigenvalue weighted by Gasteiger charge is 2.77. The van der Waals surface area contributed by atoms with E-state index in [0.29, 0.717) is 0 Å². The van der Waals surface area contributed by atoms with Gasteiger partial charge in [0.15, 0.2) is 0 Å². The number of halogens is 7. The molecule has 0 heterocycles. The van der Waals surface area contributed by atoms with Crippen LogP contribution in [0.25, 0.3) is 0 Å². The van der Waals surface area contributed by atoms with Crippen molar-refractivity contribution in [3.05, 3.63) is 0 Å². The minimum atomic E-state index is -6.50. The lowest BCUT2D eigenvalue weighted by molar-refractivity contribution is -0.345. The van der Waals surface area contributed by atoms with Gasteiger partial charge >= 0.3 is 23.9 Å². The van der Waals surface area contributed by atoms with E-state index in [1.54, 1.807) is 0 Å². The van der Waals surface area contributed by atoms with E-state index >= 15 is 0 Å². The van der Waals surface area contributed by atoms with Crippen LogP contribution in [0.1, 0.15) is 0 Å². The molecular formula is C8H12F7NOS. The van der Waals surface area contributed by atoms with Gasteiger partial charge in [-0.05, 0) is 18.8 Å². The molecule has 1 amide bonds. The molecule has 0 aliphatic carbocycles. The molecule has 0 N–H and O–H groups in total. The zero-order valence-electron chi connectivity index (χ0n) is 9.91. The molecule has 0 aromatic rings. The molecule has 0 rings (SSSR count).